The number of amides is 1. The lowest BCUT2D eigenvalue weighted by Crippen LogP contribution is -2.29. The van der Waals surface area contributed by atoms with Crippen LogP contribution in [0.25, 0.3) is 5.76 Å². The summed E-state index contributed by atoms with van der Waals surface area (Å²) >= 11 is 0. The first-order valence-electron chi connectivity index (χ1n) is 13.3. The zero-order chi connectivity index (χ0) is 28.9. The van der Waals surface area contributed by atoms with E-state index >= 15 is 0 Å². The zero-order valence-corrected chi connectivity index (χ0v) is 22.8. The van der Waals surface area contributed by atoms with Crippen molar-refractivity contribution >= 4 is 17.4 Å². The molecule has 5 rings (SSSR count). The maximum atomic E-state index is 13.8. The molecule has 208 valence electrons. The van der Waals surface area contributed by atoms with Gasteiger partial charge in [-0.3, -0.25) is 9.59 Å². The number of phenols is 1. The van der Waals surface area contributed by atoms with Gasteiger partial charge < -0.3 is 24.6 Å². The first kappa shape index (κ1) is 27.5. The van der Waals surface area contributed by atoms with E-state index in [0.717, 1.165) is 16.7 Å². The van der Waals surface area contributed by atoms with Gasteiger partial charge in [-0.05, 0) is 60.4 Å². The summed E-state index contributed by atoms with van der Waals surface area (Å²) in [6.45, 7) is 4.58. The summed E-state index contributed by atoms with van der Waals surface area (Å²) in [6, 6.07) is 21.7. The summed E-state index contributed by atoms with van der Waals surface area (Å²) < 4.78 is 11.4. The quantitative estimate of drug-likeness (QED) is 0.192. The molecule has 0 aliphatic carbocycles. The average Bonchev–Trinajstić information content (AvgIpc) is 3.23. The molecule has 41 heavy (non-hydrogen) atoms. The van der Waals surface area contributed by atoms with E-state index < -0.39 is 23.5 Å². The number of ketones is 1. The van der Waals surface area contributed by atoms with Crippen LogP contribution in [0.4, 0.5) is 0 Å². The first-order valence-corrected chi connectivity index (χ1v) is 13.3. The van der Waals surface area contributed by atoms with Gasteiger partial charge in [0.1, 0.15) is 12.4 Å². The Balaban J connectivity index is 1.50. The van der Waals surface area contributed by atoms with Crippen molar-refractivity contribution in [2.24, 2.45) is 0 Å². The van der Waals surface area contributed by atoms with E-state index in [2.05, 4.69) is 4.98 Å². The van der Waals surface area contributed by atoms with Gasteiger partial charge in [-0.1, -0.05) is 53.8 Å². The number of likely N-dealkylation sites (tertiary alicyclic amines) is 1. The Morgan fingerprint density at radius 1 is 0.951 bits per heavy atom. The van der Waals surface area contributed by atoms with Crippen LogP contribution in [0, 0.1) is 6.92 Å². The summed E-state index contributed by atoms with van der Waals surface area (Å²) in [5, 5.41) is 24.1. The van der Waals surface area contributed by atoms with Gasteiger partial charge in [-0.2, -0.15) is 0 Å². The van der Waals surface area contributed by atoms with Gasteiger partial charge in [-0.15, -0.1) is 0 Å². The molecule has 1 unspecified atom stereocenters. The number of aromatic amines is 1. The highest BCUT2D eigenvalue weighted by atomic mass is 16.5. The summed E-state index contributed by atoms with van der Waals surface area (Å²) in [4.78, 5) is 31.0. The number of nitrogens with zero attached hydrogens (tertiary/aromatic N) is 1. The Morgan fingerprint density at radius 2 is 1.71 bits per heavy atom. The van der Waals surface area contributed by atoms with Crippen molar-refractivity contribution < 1.29 is 34.3 Å². The van der Waals surface area contributed by atoms with Crippen LogP contribution in [-0.4, -0.2) is 28.3 Å². The molecule has 4 aromatic rings. The van der Waals surface area contributed by atoms with Gasteiger partial charge >= 0.3 is 0 Å². The molecule has 0 radical (unpaired) electrons. The van der Waals surface area contributed by atoms with Crippen molar-refractivity contribution in [1.29, 1.82) is 0 Å². The molecule has 2 N–H and O–H groups in total. The minimum absolute atomic E-state index is 0.0782. The lowest BCUT2D eigenvalue weighted by atomic mass is 9.94. The normalized spacial score (nSPS) is 16.1. The van der Waals surface area contributed by atoms with Crippen LogP contribution < -0.4 is 19.6 Å². The van der Waals surface area contributed by atoms with Crippen LogP contribution in [-0.2, 0) is 22.7 Å². The summed E-state index contributed by atoms with van der Waals surface area (Å²) in [6.07, 6.45) is 3.44. The van der Waals surface area contributed by atoms with Crippen molar-refractivity contribution in [3.05, 3.63) is 125 Å². The fraction of sp³-hybridized carbons (Fsp3) is 0.182. The largest absolute Gasteiger partial charge is 0.872 e. The van der Waals surface area contributed by atoms with Crippen molar-refractivity contribution in [2.45, 2.75) is 33.0 Å². The number of nitrogens with one attached hydrogen (secondary N) is 1. The second-order valence-electron chi connectivity index (χ2n) is 9.78. The number of carbonyl (C=O) groups excluding carboxylic acids is 2. The zero-order valence-electron chi connectivity index (χ0n) is 22.8. The molecule has 1 aliphatic rings. The number of Topliss-reactive ketones (excluding diaryl/α,β-unsaturated/α-hetero) is 1. The molecule has 8 heteroatoms. The molecule has 1 amide bonds. The van der Waals surface area contributed by atoms with Crippen LogP contribution in [0.2, 0.25) is 0 Å². The molecular weight excluding hydrogens is 520 g/mol. The third kappa shape index (κ3) is 5.91. The van der Waals surface area contributed by atoms with Gasteiger partial charge in [-0.25, -0.2) is 4.98 Å². The molecule has 0 bridgehead atoms. The third-order valence-electron chi connectivity index (χ3n) is 6.87. The van der Waals surface area contributed by atoms with E-state index in [1.54, 1.807) is 67.8 Å². The van der Waals surface area contributed by atoms with Crippen molar-refractivity contribution in [1.82, 2.24) is 4.90 Å². The Kier molecular flexibility index (Phi) is 8.01. The number of hydrogen-bond acceptors (Lipinski definition) is 6. The number of rotatable bonds is 9. The summed E-state index contributed by atoms with van der Waals surface area (Å²) in [5.74, 6) is -1.48. The minimum Gasteiger partial charge on any atom is -0.872 e. The SMILES string of the molecule is CCOc1cc(C2/C(=C(\[O-])c3ccc(OCc4cccc(C)c4)cc3)C(=O)C(=O)N2Cc2cc[nH+]cc2)ccc1O. The van der Waals surface area contributed by atoms with E-state index in [1.807, 2.05) is 31.2 Å². The minimum atomic E-state index is -0.969. The first-order chi connectivity index (χ1) is 19.9. The number of benzene rings is 3. The number of aromatic hydroxyl groups is 1. The highest BCUT2D eigenvalue weighted by molar-refractivity contribution is 6.46. The van der Waals surface area contributed by atoms with Gasteiger partial charge in [0.2, 0.25) is 5.78 Å². The Bertz CT molecular complexity index is 1600. The predicted molar refractivity (Wildman–Crippen MR) is 149 cm³/mol. The lowest BCUT2D eigenvalue weighted by Gasteiger charge is -2.28. The molecule has 2 heterocycles. The van der Waals surface area contributed by atoms with Crippen LogP contribution in [0.3, 0.4) is 0 Å². The highest BCUT2D eigenvalue weighted by Crippen LogP contribution is 2.42. The Morgan fingerprint density at radius 3 is 2.41 bits per heavy atom. The van der Waals surface area contributed by atoms with Crippen molar-refractivity contribution in [3.63, 3.8) is 0 Å². The molecule has 1 fully saturated rings. The molecule has 0 saturated carbocycles. The highest BCUT2D eigenvalue weighted by Gasteiger charge is 2.44. The van der Waals surface area contributed by atoms with E-state index in [1.165, 1.54) is 11.0 Å². The van der Waals surface area contributed by atoms with Crippen molar-refractivity contribution in [3.8, 4) is 17.2 Å². The third-order valence-corrected chi connectivity index (χ3v) is 6.87. The average molecular weight is 551 g/mol. The smallest absolute Gasteiger partial charge is 0.295 e. The Labute approximate surface area is 238 Å². The molecule has 0 spiro atoms. The second-order valence-corrected chi connectivity index (χ2v) is 9.78. The molecular formula is C33H30N2O6. The topological polar surface area (TPSA) is 113 Å². The molecule has 3 aromatic carbocycles. The number of carbonyl (C=O) groups is 2. The number of phenolic OH excluding ortho intramolecular Hbond substituents is 1. The van der Waals surface area contributed by atoms with Gasteiger partial charge in [0.15, 0.2) is 23.9 Å². The summed E-state index contributed by atoms with van der Waals surface area (Å²) in [7, 11) is 0. The standard InChI is InChI=1S/C33H30N2O6/c1-3-40-28-18-25(9-12-27(28)36)30-29(32(38)33(39)35(30)19-22-13-15-34-16-14-22)31(37)24-7-10-26(11-8-24)41-20-23-6-4-5-21(2)17-23/h4-18,30,36-37H,3,19-20H2,1-2H3/b31-29+. The second kappa shape index (κ2) is 12.0. The maximum Gasteiger partial charge on any atom is 0.295 e. The number of aromatic nitrogens is 1. The van der Waals surface area contributed by atoms with Crippen LogP contribution >= 0.6 is 0 Å². The van der Waals surface area contributed by atoms with Gasteiger partial charge in [0.25, 0.3) is 5.91 Å². The molecule has 1 saturated heterocycles. The lowest BCUT2D eigenvalue weighted by molar-refractivity contribution is -0.378. The number of ether oxygens (including phenoxy) is 2. The molecule has 8 nitrogen and oxygen atoms in total. The number of aryl methyl sites for hydroxylation is 1. The Hall–Kier alpha value is -5.11. The molecule has 1 aromatic heterocycles. The van der Waals surface area contributed by atoms with Gasteiger partial charge in [0.05, 0.1) is 12.6 Å². The van der Waals surface area contributed by atoms with E-state index in [4.69, 9.17) is 9.47 Å². The van der Waals surface area contributed by atoms with Gasteiger partial charge in [0, 0.05) is 24.3 Å². The van der Waals surface area contributed by atoms with E-state index in [0.29, 0.717) is 24.5 Å². The monoisotopic (exact) mass is 550 g/mol. The predicted octanol–water partition coefficient (Wildman–Crippen LogP) is 3.92. The number of hydrogen-bond donors (Lipinski definition) is 1. The summed E-state index contributed by atoms with van der Waals surface area (Å²) in [5.41, 5.74) is 3.52. The fourth-order valence-corrected chi connectivity index (χ4v) is 4.90. The van der Waals surface area contributed by atoms with E-state index in [-0.39, 0.29) is 29.2 Å². The van der Waals surface area contributed by atoms with Crippen LogP contribution in [0.1, 0.15) is 40.8 Å². The van der Waals surface area contributed by atoms with Crippen LogP contribution in [0.5, 0.6) is 17.2 Å². The number of H-pyrrole nitrogens is 1. The maximum absolute atomic E-state index is 13.8. The van der Waals surface area contributed by atoms with Crippen LogP contribution in [0.15, 0.2) is 96.8 Å². The fourth-order valence-electron chi connectivity index (χ4n) is 4.90. The molecule has 1 aliphatic heterocycles. The molecule has 1 atom stereocenters. The van der Waals surface area contributed by atoms with E-state index in [9.17, 15) is 19.8 Å². The number of pyridine rings is 1. The van der Waals surface area contributed by atoms with Crippen molar-refractivity contribution in [2.75, 3.05) is 6.61 Å².